The molecule has 0 atom stereocenters. The third-order valence-electron chi connectivity index (χ3n) is 4.72. The van der Waals surface area contributed by atoms with Gasteiger partial charge >= 0.3 is 0 Å². The maximum Gasteiger partial charge on any atom is 0.270 e. The number of rotatable bonds is 9. The van der Waals surface area contributed by atoms with Crippen molar-refractivity contribution in [3.63, 3.8) is 0 Å². The van der Waals surface area contributed by atoms with Crippen molar-refractivity contribution in [2.45, 2.75) is 66.2 Å². The number of nitriles is 1. The molecule has 0 saturated heterocycles. The molecule has 8 heteroatoms. The van der Waals surface area contributed by atoms with Crippen LogP contribution < -0.4 is 15.8 Å². The van der Waals surface area contributed by atoms with E-state index in [1.807, 2.05) is 33.8 Å². The minimum absolute atomic E-state index is 0.156. The minimum Gasteiger partial charge on any atom is -0.494 e. The molecule has 2 aromatic carbocycles. The first-order valence-corrected chi connectivity index (χ1v) is 11.7. The molecule has 0 saturated carbocycles. The van der Waals surface area contributed by atoms with E-state index < -0.39 is 11.8 Å². The summed E-state index contributed by atoms with van der Waals surface area (Å²) in [5.74, 6) is -5.76. The molecule has 0 unspecified atom stereocenters. The lowest BCUT2D eigenvalue weighted by atomic mass is 9.94. The highest BCUT2D eigenvalue weighted by atomic mass is 19.3. The Balaban J connectivity index is 0.00000274. The highest BCUT2D eigenvalue weighted by Gasteiger charge is 2.30. The molecule has 3 N–H and O–H groups in total. The van der Waals surface area contributed by atoms with Crippen LogP contribution in [0.1, 0.15) is 70.2 Å². The number of benzene rings is 2. The van der Waals surface area contributed by atoms with Gasteiger partial charge in [0.2, 0.25) is 0 Å². The number of ether oxygens (including phenoxy) is 1. The predicted molar refractivity (Wildman–Crippen MR) is 134 cm³/mol. The Kier molecular flexibility index (Phi) is 13.6. The number of aryl methyl sites for hydroxylation is 1. The normalized spacial score (nSPS) is 11.6. The summed E-state index contributed by atoms with van der Waals surface area (Å²) in [5, 5.41) is 11.8. The summed E-state index contributed by atoms with van der Waals surface area (Å²) in [6.45, 7) is 9.67. The smallest absolute Gasteiger partial charge is 0.270 e. The molecule has 0 heterocycles. The van der Waals surface area contributed by atoms with Crippen molar-refractivity contribution in [2.24, 2.45) is 5.73 Å². The molecule has 0 spiro atoms. The average Bonchev–Trinajstić information content (AvgIpc) is 2.84. The van der Waals surface area contributed by atoms with Crippen LogP contribution in [-0.4, -0.2) is 13.7 Å². The van der Waals surface area contributed by atoms with E-state index >= 15 is 0 Å². The summed E-state index contributed by atoms with van der Waals surface area (Å²) in [6.07, 6.45) is 0.500. The number of allylic oxidation sites excluding steroid dienone is 1. The first-order valence-electron chi connectivity index (χ1n) is 11.7. The summed E-state index contributed by atoms with van der Waals surface area (Å²) in [7, 11) is 1.59. The van der Waals surface area contributed by atoms with Crippen LogP contribution in [0.25, 0.3) is 5.70 Å². The van der Waals surface area contributed by atoms with Gasteiger partial charge in [0.05, 0.1) is 12.3 Å². The van der Waals surface area contributed by atoms with Gasteiger partial charge in [0.1, 0.15) is 17.5 Å². The number of hydrogen-bond acceptors (Lipinski definition) is 4. The topological polar surface area (TPSA) is 71.1 Å². The van der Waals surface area contributed by atoms with Gasteiger partial charge in [0.25, 0.3) is 11.8 Å². The van der Waals surface area contributed by atoms with Crippen LogP contribution in [0.3, 0.4) is 0 Å². The van der Waals surface area contributed by atoms with Gasteiger partial charge in [-0.25, -0.2) is 17.6 Å². The van der Waals surface area contributed by atoms with Crippen molar-refractivity contribution in [1.82, 2.24) is 5.32 Å². The minimum atomic E-state index is -3.14. The van der Waals surface area contributed by atoms with Gasteiger partial charge in [-0.3, -0.25) is 0 Å². The Morgan fingerprint density at radius 3 is 2.14 bits per heavy atom. The third kappa shape index (κ3) is 9.89. The Bertz CT molecular complexity index is 987. The van der Waals surface area contributed by atoms with Crippen LogP contribution in [-0.2, 0) is 18.3 Å². The number of nitrogens with two attached hydrogens (primary N) is 1. The van der Waals surface area contributed by atoms with E-state index in [9.17, 15) is 17.6 Å². The van der Waals surface area contributed by atoms with Crippen molar-refractivity contribution in [3.05, 3.63) is 70.4 Å². The lowest BCUT2D eigenvalue weighted by Crippen LogP contribution is -2.15. The zero-order valence-corrected chi connectivity index (χ0v) is 21.6. The van der Waals surface area contributed by atoms with E-state index in [0.29, 0.717) is 17.7 Å². The Morgan fingerprint density at radius 1 is 1.00 bits per heavy atom. The lowest BCUT2D eigenvalue weighted by Gasteiger charge is -2.19. The number of halogens is 4. The van der Waals surface area contributed by atoms with E-state index in [2.05, 4.69) is 5.32 Å². The highest BCUT2D eigenvalue weighted by molar-refractivity contribution is 5.69. The second-order valence-electron chi connectivity index (χ2n) is 7.28. The standard InChI is InChI=1S/C23H25F4N3O.2C2H6/c1-22(24,25)17-9-10-19(23(2,26)27)15(12-17)7-5-11-31-18-8-4-6-16(13-18)21(29)20(14-28)30-3;2*1-2/h4,6,8-10,12-13,30H,5,7,11,29H2,1-3H3;2*1-2H3/b21-20-;;. The van der Waals surface area contributed by atoms with E-state index in [-0.39, 0.29) is 41.1 Å². The second kappa shape index (κ2) is 14.9. The van der Waals surface area contributed by atoms with Gasteiger partial charge in [0, 0.05) is 37.6 Å². The van der Waals surface area contributed by atoms with E-state index in [0.717, 1.165) is 32.0 Å². The summed E-state index contributed by atoms with van der Waals surface area (Å²) >= 11 is 0. The fourth-order valence-electron chi connectivity index (χ4n) is 3.10. The predicted octanol–water partition coefficient (Wildman–Crippen LogP) is 7.34. The van der Waals surface area contributed by atoms with Crippen LogP contribution in [0, 0.1) is 11.3 Å². The summed E-state index contributed by atoms with van der Waals surface area (Å²) in [6, 6.07) is 12.0. The van der Waals surface area contributed by atoms with Crippen LogP contribution in [0.4, 0.5) is 17.6 Å². The molecule has 194 valence electrons. The lowest BCUT2D eigenvalue weighted by molar-refractivity contribution is 0.0122. The maximum atomic E-state index is 13.9. The number of alkyl halides is 4. The second-order valence-corrected chi connectivity index (χ2v) is 7.28. The van der Waals surface area contributed by atoms with Gasteiger partial charge in [-0.15, -0.1) is 0 Å². The largest absolute Gasteiger partial charge is 0.494 e. The molecule has 0 bridgehead atoms. The molecule has 0 aliphatic carbocycles. The van der Waals surface area contributed by atoms with Gasteiger partial charge < -0.3 is 15.8 Å². The molecule has 0 fully saturated rings. The van der Waals surface area contributed by atoms with Gasteiger partial charge in [-0.2, -0.15) is 5.26 Å². The monoisotopic (exact) mass is 495 g/mol. The molecule has 0 radical (unpaired) electrons. The van der Waals surface area contributed by atoms with Crippen LogP contribution >= 0.6 is 0 Å². The third-order valence-corrected chi connectivity index (χ3v) is 4.72. The molecular formula is C27H37F4N3O. The molecular weight excluding hydrogens is 458 g/mol. The van der Waals surface area contributed by atoms with Gasteiger partial charge in [-0.1, -0.05) is 52.0 Å². The molecule has 4 nitrogen and oxygen atoms in total. The van der Waals surface area contributed by atoms with Crippen LogP contribution in [0.5, 0.6) is 5.75 Å². The molecule has 2 aromatic rings. The Morgan fingerprint density at radius 2 is 1.63 bits per heavy atom. The highest BCUT2D eigenvalue weighted by Crippen LogP contribution is 2.35. The molecule has 0 aliphatic rings. The SMILES string of the molecule is CC.CC.CN/C(C#N)=C(\N)c1cccc(OCCCc2cc(C(C)(F)F)ccc2C(C)(F)F)c1. The fourth-order valence-corrected chi connectivity index (χ4v) is 3.10. The molecule has 0 aromatic heterocycles. The van der Waals surface area contributed by atoms with Crippen LogP contribution in [0.2, 0.25) is 0 Å². The van der Waals surface area contributed by atoms with Crippen molar-refractivity contribution in [3.8, 4) is 11.8 Å². The molecule has 2 rings (SSSR count). The number of nitrogens with one attached hydrogen (secondary N) is 1. The summed E-state index contributed by atoms with van der Waals surface area (Å²) < 4.78 is 60.7. The molecule has 0 aliphatic heterocycles. The number of nitrogens with zero attached hydrogens (tertiary/aromatic N) is 1. The van der Waals surface area contributed by atoms with Crippen molar-refractivity contribution in [2.75, 3.05) is 13.7 Å². The van der Waals surface area contributed by atoms with Crippen molar-refractivity contribution >= 4 is 5.70 Å². The average molecular weight is 496 g/mol. The van der Waals surface area contributed by atoms with E-state index in [1.54, 1.807) is 31.3 Å². The van der Waals surface area contributed by atoms with E-state index in [1.165, 1.54) is 0 Å². The van der Waals surface area contributed by atoms with Crippen molar-refractivity contribution in [1.29, 1.82) is 5.26 Å². The fraction of sp³-hybridized carbons (Fsp3) is 0.444. The van der Waals surface area contributed by atoms with Crippen LogP contribution in [0.15, 0.2) is 48.2 Å². The zero-order valence-electron chi connectivity index (χ0n) is 21.6. The van der Waals surface area contributed by atoms with Crippen molar-refractivity contribution < 1.29 is 22.3 Å². The first-order chi connectivity index (χ1) is 16.5. The van der Waals surface area contributed by atoms with E-state index in [4.69, 9.17) is 15.7 Å². The van der Waals surface area contributed by atoms with Gasteiger partial charge in [-0.05, 0) is 36.6 Å². The first kappa shape index (κ1) is 31.8. The molecule has 0 amide bonds. The Hall–Kier alpha value is -3.21. The zero-order chi connectivity index (χ0) is 27.2. The Labute approximate surface area is 206 Å². The quantitative estimate of drug-likeness (QED) is 0.217. The maximum absolute atomic E-state index is 13.9. The summed E-state index contributed by atoms with van der Waals surface area (Å²) in [4.78, 5) is 0. The molecule has 35 heavy (non-hydrogen) atoms. The van der Waals surface area contributed by atoms with Gasteiger partial charge in [0.15, 0.2) is 0 Å². The number of hydrogen-bond donors (Lipinski definition) is 2. The summed E-state index contributed by atoms with van der Waals surface area (Å²) in [5.41, 5.74) is 6.65.